The average Bonchev–Trinajstić information content (AvgIpc) is 3.00. The molecule has 1 atom stereocenters. The summed E-state index contributed by atoms with van der Waals surface area (Å²) in [7, 11) is 1.79. The van der Waals surface area contributed by atoms with Crippen LogP contribution in [0.3, 0.4) is 0 Å². The Hall–Kier alpha value is -2.83. The van der Waals surface area contributed by atoms with Crippen molar-refractivity contribution in [3.63, 3.8) is 0 Å². The summed E-state index contributed by atoms with van der Waals surface area (Å²) in [4.78, 5) is 28.8. The maximum Gasteiger partial charge on any atom is 0.323 e. The Morgan fingerprint density at radius 2 is 1.96 bits per heavy atom. The first-order valence-electron chi connectivity index (χ1n) is 9.32. The molecule has 0 radical (unpaired) electrons. The van der Waals surface area contributed by atoms with E-state index < -0.39 is 6.04 Å². The van der Waals surface area contributed by atoms with Crippen LogP contribution in [0.15, 0.2) is 36.4 Å². The highest BCUT2D eigenvalue weighted by molar-refractivity contribution is 5.94. The fourth-order valence-electron chi connectivity index (χ4n) is 3.34. The summed E-state index contributed by atoms with van der Waals surface area (Å²) in [5.41, 5.74) is 1.78. The molecule has 7 heteroatoms. The molecule has 0 bridgehead atoms. The summed E-state index contributed by atoms with van der Waals surface area (Å²) in [6.07, 6.45) is 0. The summed E-state index contributed by atoms with van der Waals surface area (Å²) in [6.45, 7) is 7.77. The molecular formula is C20H27N5O2. The molecule has 1 aromatic carbocycles. The number of aromatic nitrogens is 2. The van der Waals surface area contributed by atoms with Crippen LogP contribution in [0.1, 0.15) is 20.8 Å². The van der Waals surface area contributed by atoms with Crippen LogP contribution in [0.25, 0.3) is 11.3 Å². The number of aryl methyl sites for hydroxylation is 1. The molecule has 1 fully saturated rings. The predicted octanol–water partition coefficient (Wildman–Crippen LogP) is 2.81. The van der Waals surface area contributed by atoms with Gasteiger partial charge in [0, 0.05) is 38.3 Å². The lowest BCUT2D eigenvalue weighted by Crippen LogP contribution is -2.59. The molecule has 3 amide bonds. The smallest absolute Gasteiger partial charge is 0.323 e. The van der Waals surface area contributed by atoms with Crippen LogP contribution in [-0.2, 0) is 11.8 Å². The first kappa shape index (κ1) is 18.9. The molecule has 1 aliphatic heterocycles. The molecule has 2 aromatic rings. The van der Waals surface area contributed by atoms with Crippen LogP contribution in [0.4, 0.5) is 10.6 Å². The second-order valence-corrected chi connectivity index (χ2v) is 7.38. The van der Waals surface area contributed by atoms with Crippen molar-refractivity contribution in [2.45, 2.75) is 26.8 Å². The third kappa shape index (κ3) is 4.13. The minimum absolute atomic E-state index is 0.0000747. The monoisotopic (exact) mass is 369 g/mol. The number of nitrogens with zero attached hydrogens (tertiary/aromatic N) is 4. The molecule has 1 aromatic heterocycles. The zero-order valence-corrected chi connectivity index (χ0v) is 16.3. The van der Waals surface area contributed by atoms with Crippen LogP contribution in [-0.4, -0.2) is 57.2 Å². The van der Waals surface area contributed by atoms with Gasteiger partial charge in [0.1, 0.15) is 11.9 Å². The van der Waals surface area contributed by atoms with E-state index in [0.29, 0.717) is 24.8 Å². The summed E-state index contributed by atoms with van der Waals surface area (Å²) in [5.74, 6) is 1.01. The zero-order valence-electron chi connectivity index (χ0n) is 16.3. The molecule has 1 aliphatic rings. The fraction of sp³-hybridized carbons (Fsp3) is 0.450. The Morgan fingerprint density at radius 3 is 2.63 bits per heavy atom. The molecule has 1 saturated heterocycles. The molecule has 0 spiro atoms. The van der Waals surface area contributed by atoms with Gasteiger partial charge < -0.3 is 9.80 Å². The first-order chi connectivity index (χ1) is 12.9. The van der Waals surface area contributed by atoms with Crippen molar-refractivity contribution in [1.29, 1.82) is 0 Å². The van der Waals surface area contributed by atoms with E-state index >= 15 is 0 Å². The summed E-state index contributed by atoms with van der Waals surface area (Å²) in [5, 5.41) is 7.36. The zero-order chi connectivity index (χ0) is 19.6. The van der Waals surface area contributed by atoms with Gasteiger partial charge in [0.25, 0.3) is 0 Å². The molecule has 3 rings (SSSR count). The highest BCUT2D eigenvalue weighted by Gasteiger charge is 2.34. The lowest BCUT2D eigenvalue weighted by atomic mass is 10.1. The fourth-order valence-corrected chi connectivity index (χ4v) is 3.34. The largest absolute Gasteiger partial charge is 0.339 e. The molecule has 7 nitrogen and oxygen atoms in total. The van der Waals surface area contributed by atoms with Crippen molar-refractivity contribution in [1.82, 2.24) is 19.6 Å². The third-order valence-electron chi connectivity index (χ3n) is 4.78. The standard InChI is InChI=1S/C20H27N5O2/c1-14(2)13-24-10-11-25(15(3)19(24)26)20(27)21-18-12-17(22-23(18)4)16-8-6-5-7-9-16/h5-9,12,14-15H,10-11,13H2,1-4H3,(H,21,27). The van der Waals surface area contributed by atoms with Gasteiger partial charge in [-0.3, -0.25) is 14.8 Å². The maximum atomic E-state index is 12.8. The number of nitrogens with one attached hydrogen (secondary N) is 1. The molecule has 0 aliphatic carbocycles. The highest BCUT2D eigenvalue weighted by Crippen LogP contribution is 2.22. The number of piperazine rings is 1. The van der Waals surface area contributed by atoms with Crippen LogP contribution < -0.4 is 5.32 Å². The Balaban J connectivity index is 1.69. The number of rotatable bonds is 4. The van der Waals surface area contributed by atoms with Gasteiger partial charge in [0.15, 0.2) is 0 Å². The Bertz CT molecular complexity index is 815. The minimum Gasteiger partial charge on any atom is -0.339 e. The first-order valence-corrected chi connectivity index (χ1v) is 9.32. The van der Waals surface area contributed by atoms with E-state index in [2.05, 4.69) is 24.3 Å². The predicted molar refractivity (Wildman–Crippen MR) is 105 cm³/mol. The van der Waals surface area contributed by atoms with E-state index in [1.807, 2.05) is 41.3 Å². The number of carbonyl (C=O) groups is 2. The average molecular weight is 369 g/mol. The van der Waals surface area contributed by atoms with Crippen LogP contribution >= 0.6 is 0 Å². The lowest BCUT2D eigenvalue weighted by molar-refractivity contribution is -0.139. The quantitative estimate of drug-likeness (QED) is 0.901. The molecule has 2 heterocycles. The summed E-state index contributed by atoms with van der Waals surface area (Å²) >= 11 is 0. The van der Waals surface area contributed by atoms with Gasteiger partial charge in [0.05, 0.1) is 5.69 Å². The van der Waals surface area contributed by atoms with Gasteiger partial charge in [-0.25, -0.2) is 4.79 Å². The van der Waals surface area contributed by atoms with E-state index in [4.69, 9.17) is 0 Å². The molecule has 1 unspecified atom stereocenters. The normalized spacial score (nSPS) is 17.5. The summed E-state index contributed by atoms with van der Waals surface area (Å²) in [6, 6.07) is 10.9. The van der Waals surface area contributed by atoms with Gasteiger partial charge in [0.2, 0.25) is 5.91 Å². The van der Waals surface area contributed by atoms with Crippen molar-refractivity contribution in [3.8, 4) is 11.3 Å². The van der Waals surface area contributed by atoms with Crippen molar-refractivity contribution >= 4 is 17.8 Å². The van der Waals surface area contributed by atoms with E-state index in [1.54, 1.807) is 23.6 Å². The molecule has 27 heavy (non-hydrogen) atoms. The second-order valence-electron chi connectivity index (χ2n) is 7.38. The van der Waals surface area contributed by atoms with Gasteiger partial charge in [-0.05, 0) is 12.8 Å². The number of hydrogen-bond acceptors (Lipinski definition) is 3. The van der Waals surface area contributed by atoms with Gasteiger partial charge in [-0.2, -0.15) is 5.10 Å². The van der Waals surface area contributed by atoms with Gasteiger partial charge in [-0.15, -0.1) is 0 Å². The molecule has 1 N–H and O–H groups in total. The van der Waals surface area contributed by atoms with Crippen LogP contribution in [0, 0.1) is 5.92 Å². The number of amides is 3. The SMILES string of the molecule is CC(C)CN1CCN(C(=O)Nc2cc(-c3ccccc3)nn2C)C(C)C1=O. The molecule has 144 valence electrons. The topological polar surface area (TPSA) is 70.5 Å². The van der Waals surface area contributed by atoms with Crippen molar-refractivity contribution in [2.24, 2.45) is 13.0 Å². The summed E-state index contributed by atoms with van der Waals surface area (Å²) < 4.78 is 1.64. The Morgan fingerprint density at radius 1 is 1.26 bits per heavy atom. The number of benzene rings is 1. The van der Waals surface area contributed by atoms with Crippen molar-refractivity contribution in [2.75, 3.05) is 25.0 Å². The van der Waals surface area contributed by atoms with Gasteiger partial charge in [-0.1, -0.05) is 44.2 Å². The number of carbonyl (C=O) groups excluding carboxylic acids is 2. The number of hydrogen-bond donors (Lipinski definition) is 1. The van der Waals surface area contributed by atoms with Crippen LogP contribution in [0.2, 0.25) is 0 Å². The maximum absolute atomic E-state index is 12.8. The molecular weight excluding hydrogens is 342 g/mol. The highest BCUT2D eigenvalue weighted by atomic mass is 16.2. The van der Waals surface area contributed by atoms with E-state index in [-0.39, 0.29) is 11.9 Å². The Labute approximate surface area is 159 Å². The Kier molecular flexibility index (Phi) is 5.48. The van der Waals surface area contributed by atoms with Crippen molar-refractivity contribution < 1.29 is 9.59 Å². The lowest BCUT2D eigenvalue weighted by Gasteiger charge is -2.39. The van der Waals surface area contributed by atoms with E-state index in [1.165, 1.54) is 0 Å². The van der Waals surface area contributed by atoms with Crippen LogP contribution in [0.5, 0.6) is 0 Å². The molecule has 0 saturated carbocycles. The third-order valence-corrected chi connectivity index (χ3v) is 4.78. The van der Waals surface area contributed by atoms with Gasteiger partial charge >= 0.3 is 6.03 Å². The minimum atomic E-state index is -0.473. The van der Waals surface area contributed by atoms with Crippen molar-refractivity contribution in [3.05, 3.63) is 36.4 Å². The number of anilines is 1. The second kappa shape index (κ2) is 7.82. The number of urea groups is 1. The van der Waals surface area contributed by atoms with E-state index in [9.17, 15) is 9.59 Å². The van der Waals surface area contributed by atoms with E-state index in [0.717, 1.165) is 17.8 Å².